The second-order valence-corrected chi connectivity index (χ2v) is 7.55. The molecule has 1 saturated carbocycles. The van der Waals surface area contributed by atoms with Gasteiger partial charge < -0.3 is 0 Å². The van der Waals surface area contributed by atoms with E-state index in [0.717, 1.165) is 5.56 Å². The predicted molar refractivity (Wildman–Crippen MR) is 85.2 cm³/mol. The lowest BCUT2D eigenvalue weighted by molar-refractivity contribution is -0.131. The summed E-state index contributed by atoms with van der Waals surface area (Å²) in [4.78, 5) is 25.3. The van der Waals surface area contributed by atoms with Gasteiger partial charge in [0, 0.05) is 23.8 Å². The Bertz CT molecular complexity index is 524. The molecular weight excluding hydrogens is 260 g/mol. The summed E-state index contributed by atoms with van der Waals surface area (Å²) in [6.07, 6.45) is 0.526. The van der Waals surface area contributed by atoms with Crippen LogP contribution >= 0.6 is 0 Å². The molecule has 0 bridgehead atoms. The molecule has 0 aromatic heterocycles. The third kappa shape index (κ3) is 3.09. The van der Waals surface area contributed by atoms with Crippen molar-refractivity contribution in [2.24, 2.45) is 29.1 Å². The lowest BCUT2D eigenvalue weighted by Crippen LogP contribution is -2.46. The molecule has 2 nitrogen and oxygen atoms in total. The van der Waals surface area contributed by atoms with Gasteiger partial charge in [0.05, 0.1) is 0 Å². The van der Waals surface area contributed by atoms with Crippen molar-refractivity contribution in [2.45, 2.75) is 41.0 Å². The molecule has 0 saturated heterocycles. The Labute approximate surface area is 127 Å². The summed E-state index contributed by atoms with van der Waals surface area (Å²) < 4.78 is 0. The van der Waals surface area contributed by atoms with Crippen LogP contribution in [0.5, 0.6) is 0 Å². The number of ketones is 2. The summed E-state index contributed by atoms with van der Waals surface area (Å²) in [5, 5.41) is 0. The maximum Gasteiger partial charge on any atom is 0.166 e. The molecule has 1 aromatic rings. The molecule has 0 aliphatic heterocycles. The Morgan fingerprint density at radius 1 is 1.10 bits per heavy atom. The second-order valence-electron chi connectivity index (χ2n) is 7.55. The van der Waals surface area contributed by atoms with Crippen molar-refractivity contribution >= 4 is 11.6 Å². The second kappa shape index (κ2) is 5.75. The van der Waals surface area contributed by atoms with Crippen molar-refractivity contribution in [3.05, 3.63) is 35.9 Å². The highest BCUT2D eigenvalue weighted by molar-refractivity contribution is 5.99. The minimum atomic E-state index is -0.0694. The van der Waals surface area contributed by atoms with Gasteiger partial charge in [0.15, 0.2) is 5.78 Å². The maximum absolute atomic E-state index is 13.0. The smallest absolute Gasteiger partial charge is 0.166 e. The molecule has 0 unspecified atom stereocenters. The monoisotopic (exact) mass is 286 g/mol. The molecule has 114 valence electrons. The van der Waals surface area contributed by atoms with Gasteiger partial charge in [-0.1, -0.05) is 65.0 Å². The first-order valence-electron chi connectivity index (χ1n) is 7.85. The highest BCUT2D eigenvalue weighted by Gasteiger charge is 2.47. The highest BCUT2D eigenvalue weighted by Crippen LogP contribution is 2.46. The Morgan fingerprint density at radius 2 is 1.67 bits per heavy atom. The fourth-order valence-electron chi connectivity index (χ4n) is 3.56. The van der Waals surface area contributed by atoms with E-state index in [1.54, 1.807) is 0 Å². The molecule has 0 radical (unpaired) electrons. The van der Waals surface area contributed by atoms with Gasteiger partial charge in [-0.3, -0.25) is 9.59 Å². The Morgan fingerprint density at radius 3 is 2.19 bits per heavy atom. The van der Waals surface area contributed by atoms with Crippen molar-refractivity contribution in [2.75, 3.05) is 0 Å². The first-order valence-corrected chi connectivity index (χ1v) is 7.85. The number of hydrogen-bond donors (Lipinski definition) is 0. The van der Waals surface area contributed by atoms with Crippen molar-refractivity contribution in [1.29, 1.82) is 0 Å². The van der Waals surface area contributed by atoms with Gasteiger partial charge in [-0.05, 0) is 17.3 Å². The van der Waals surface area contributed by atoms with Gasteiger partial charge in [-0.25, -0.2) is 0 Å². The van der Waals surface area contributed by atoms with E-state index in [-0.39, 0.29) is 34.9 Å². The average molecular weight is 286 g/mol. The molecule has 0 spiro atoms. The third-order valence-electron chi connectivity index (χ3n) is 5.19. The van der Waals surface area contributed by atoms with Crippen LogP contribution in [0.1, 0.15) is 51.4 Å². The van der Waals surface area contributed by atoms with E-state index in [4.69, 9.17) is 0 Å². The summed E-state index contributed by atoms with van der Waals surface area (Å²) >= 11 is 0. The van der Waals surface area contributed by atoms with E-state index in [2.05, 4.69) is 27.7 Å². The SMILES string of the molecule is C[C@H]1[C@H](C(=O)c2ccccc2)[C@H](C(C)(C)C)CC(=O)[C@H]1C. The predicted octanol–water partition coefficient (Wildman–Crippen LogP) is 4.39. The van der Waals surface area contributed by atoms with Gasteiger partial charge in [0.25, 0.3) is 0 Å². The number of carbonyl (C=O) groups excluding carboxylic acids is 2. The molecule has 0 amide bonds. The Kier molecular flexibility index (Phi) is 4.36. The van der Waals surface area contributed by atoms with Crippen LogP contribution in [0.15, 0.2) is 30.3 Å². The summed E-state index contributed by atoms with van der Waals surface area (Å²) in [6, 6.07) is 9.50. The zero-order chi connectivity index (χ0) is 15.8. The largest absolute Gasteiger partial charge is 0.299 e. The van der Waals surface area contributed by atoms with Gasteiger partial charge in [-0.15, -0.1) is 0 Å². The summed E-state index contributed by atoms with van der Waals surface area (Å²) in [5.41, 5.74) is 0.726. The average Bonchev–Trinajstić information content (AvgIpc) is 2.43. The van der Waals surface area contributed by atoms with Crippen LogP contribution in [0.25, 0.3) is 0 Å². The molecule has 4 atom stereocenters. The molecule has 1 aliphatic rings. The third-order valence-corrected chi connectivity index (χ3v) is 5.19. The number of carbonyl (C=O) groups is 2. The molecule has 0 N–H and O–H groups in total. The molecule has 0 heterocycles. The number of benzene rings is 1. The minimum absolute atomic E-state index is 0.0266. The zero-order valence-corrected chi connectivity index (χ0v) is 13.7. The molecule has 1 fully saturated rings. The van der Waals surface area contributed by atoms with E-state index in [1.165, 1.54) is 0 Å². The van der Waals surface area contributed by atoms with E-state index < -0.39 is 0 Å². The first-order chi connectivity index (χ1) is 9.73. The van der Waals surface area contributed by atoms with Crippen LogP contribution in [-0.4, -0.2) is 11.6 Å². The lowest BCUT2D eigenvalue weighted by Gasteiger charge is -2.44. The Hall–Kier alpha value is -1.44. The lowest BCUT2D eigenvalue weighted by atomic mass is 9.58. The molecule has 21 heavy (non-hydrogen) atoms. The molecule has 2 rings (SSSR count). The van der Waals surface area contributed by atoms with Crippen molar-refractivity contribution in [1.82, 2.24) is 0 Å². The number of Topliss-reactive ketones (excluding diaryl/α,β-unsaturated/α-hetero) is 2. The van der Waals surface area contributed by atoms with Crippen LogP contribution in [-0.2, 0) is 4.79 Å². The molecule has 2 heteroatoms. The number of rotatable bonds is 2. The topological polar surface area (TPSA) is 34.1 Å². The number of hydrogen-bond acceptors (Lipinski definition) is 2. The quantitative estimate of drug-likeness (QED) is 0.755. The van der Waals surface area contributed by atoms with E-state index in [9.17, 15) is 9.59 Å². The maximum atomic E-state index is 13.0. The van der Waals surface area contributed by atoms with Crippen molar-refractivity contribution < 1.29 is 9.59 Å². The van der Waals surface area contributed by atoms with Crippen LogP contribution in [0.2, 0.25) is 0 Å². The fourth-order valence-corrected chi connectivity index (χ4v) is 3.56. The normalized spacial score (nSPS) is 30.2. The van der Waals surface area contributed by atoms with E-state index in [0.29, 0.717) is 12.2 Å². The van der Waals surface area contributed by atoms with Gasteiger partial charge in [-0.2, -0.15) is 0 Å². The van der Waals surface area contributed by atoms with Gasteiger partial charge in [0.2, 0.25) is 0 Å². The highest BCUT2D eigenvalue weighted by atomic mass is 16.1. The standard InChI is InChI=1S/C19H26O2/c1-12-13(2)17(15(11-16(12)20)19(3,4)5)18(21)14-9-7-6-8-10-14/h6-10,12-13,15,17H,11H2,1-5H3/t12-,13+,15+,17-/m0/s1. The van der Waals surface area contributed by atoms with Gasteiger partial charge in [0.1, 0.15) is 5.78 Å². The first kappa shape index (κ1) is 15.9. The molecule has 1 aromatic carbocycles. The summed E-state index contributed by atoms with van der Waals surface area (Å²) in [6.45, 7) is 10.4. The van der Waals surface area contributed by atoms with Crippen LogP contribution in [0.3, 0.4) is 0 Å². The fraction of sp³-hybridized carbons (Fsp3) is 0.579. The van der Waals surface area contributed by atoms with Crippen LogP contribution < -0.4 is 0 Å². The Balaban J connectivity index is 2.40. The summed E-state index contributed by atoms with van der Waals surface area (Å²) in [5.74, 6) is 0.621. The molecular formula is C19H26O2. The van der Waals surface area contributed by atoms with Crippen LogP contribution in [0, 0.1) is 29.1 Å². The zero-order valence-electron chi connectivity index (χ0n) is 13.7. The molecule has 1 aliphatic carbocycles. The van der Waals surface area contributed by atoms with E-state index >= 15 is 0 Å². The van der Waals surface area contributed by atoms with Crippen molar-refractivity contribution in [3.63, 3.8) is 0 Å². The van der Waals surface area contributed by atoms with Crippen molar-refractivity contribution in [3.8, 4) is 0 Å². The van der Waals surface area contributed by atoms with Crippen LogP contribution in [0.4, 0.5) is 0 Å². The summed E-state index contributed by atoms with van der Waals surface area (Å²) in [7, 11) is 0. The minimum Gasteiger partial charge on any atom is -0.299 e. The van der Waals surface area contributed by atoms with Gasteiger partial charge >= 0.3 is 0 Å². The van der Waals surface area contributed by atoms with E-state index in [1.807, 2.05) is 37.3 Å².